The molecule has 2 aromatic heterocycles. The minimum absolute atomic E-state index is 0.0159. The second kappa shape index (κ2) is 7.89. The van der Waals surface area contributed by atoms with E-state index in [1.54, 1.807) is 17.0 Å². The SMILES string of the molecule is Oc1cc(Cl)ccc1-c1nnc(N[C@@H]2CCCN(CC(F)F)C2)n2cccc12. The van der Waals surface area contributed by atoms with E-state index in [0.717, 1.165) is 18.4 Å². The number of piperidine rings is 1. The molecule has 0 radical (unpaired) electrons. The van der Waals surface area contributed by atoms with Gasteiger partial charge in [-0.3, -0.25) is 9.30 Å². The summed E-state index contributed by atoms with van der Waals surface area (Å²) in [6, 6.07) is 8.61. The summed E-state index contributed by atoms with van der Waals surface area (Å²) in [5, 5.41) is 22.6. The quantitative estimate of drug-likeness (QED) is 0.671. The summed E-state index contributed by atoms with van der Waals surface area (Å²) in [4.78, 5) is 1.77. The number of aromatic hydroxyl groups is 1. The molecule has 0 saturated carbocycles. The first-order valence-corrected chi connectivity index (χ1v) is 9.49. The molecule has 28 heavy (non-hydrogen) atoms. The van der Waals surface area contributed by atoms with Crippen LogP contribution in [0.15, 0.2) is 36.5 Å². The van der Waals surface area contributed by atoms with E-state index >= 15 is 0 Å². The first-order valence-electron chi connectivity index (χ1n) is 9.11. The summed E-state index contributed by atoms with van der Waals surface area (Å²) in [5.74, 6) is 0.571. The van der Waals surface area contributed by atoms with Crippen molar-refractivity contribution in [2.45, 2.75) is 25.3 Å². The number of nitrogens with zero attached hydrogens (tertiary/aromatic N) is 4. The average molecular weight is 408 g/mol. The molecular formula is C19H20ClF2N5O. The maximum Gasteiger partial charge on any atom is 0.251 e. The van der Waals surface area contributed by atoms with E-state index in [2.05, 4.69) is 15.5 Å². The van der Waals surface area contributed by atoms with Crippen LogP contribution in [0.25, 0.3) is 16.8 Å². The fraction of sp³-hybridized carbons (Fsp3) is 0.368. The molecule has 0 unspecified atom stereocenters. The van der Waals surface area contributed by atoms with Crippen molar-refractivity contribution >= 4 is 23.1 Å². The Morgan fingerprint density at radius 2 is 2.14 bits per heavy atom. The third-order valence-corrected chi connectivity index (χ3v) is 5.15. The van der Waals surface area contributed by atoms with Crippen LogP contribution in [0.3, 0.4) is 0 Å². The summed E-state index contributed by atoms with van der Waals surface area (Å²) >= 11 is 5.92. The van der Waals surface area contributed by atoms with E-state index in [1.807, 2.05) is 22.7 Å². The van der Waals surface area contributed by atoms with Gasteiger partial charge in [0.15, 0.2) is 0 Å². The molecule has 1 aliphatic heterocycles. The number of aromatic nitrogens is 3. The Morgan fingerprint density at radius 3 is 2.93 bits per heavy atom. The number of alkyl halides is 2. The standard InChI is InChI=1S/C19H20ClF2N5O/c20-12-5-6-14(16(28)9-12)18-15-4-2-8-27(15)19(25-24-18)23-13-3-1-7-26(10-13)11-17(21)22/h2,4-6,8-9,13,17,28H,1,3,7,10-11H2,(H,23,25)/t13-/m1/s1. The number of phenols is 1. The molecular weight excluding hydrogens is 388 g/mol. The molecule has 0 amide bonds. The number of benzene rings is 1. The third kappa shape index (κ3) is 3.88. The number of likely N-dealkylation sites (tertiary alicyclic amines) is 1. The smallest absolute Gasteiger partial charge is 0.251 e. The highest BCUT2D eigenvalue weighted by atomic mass is 35.5. The van der Waals surface area contributed by atoms with E-state index < -0.39 is 6.43 Å². The molecule has 1 fully saturated rings. The zero-order valence-electron chi connectivity index (χ0n) is 15.0. The van der Waals surface area contributed by atoms with Gasteiger partial charge < -0.3 is 10.4 Å². The molecule has 1 saturated heterocycles. The Bertz CT molecular complexity index is 980. The van der Waals surface area contributed by atoms with Crippen molar-refractivity contribution in [3.63, 3.8) is 0 Å². The van der Waals surface area contributed by atoms with Gasteiger partial charge in [0.05, 0.1) is 12.1 Å². The molecule has 1 aliphatic rings. The molecule has 4 rings (SSSR count). The predicted octanol–water partition coefficient (Wildman–Crippen LogP) is 3.90. The normalized spacial score (nSPS) is 18.1. The van der Waals surface area contributed by atoms with E-state index in [-0.39, 0.29) is 18.3 Å². The second-order valence-electron chi connectivity index (χ2n) is 6.93. The lowest BCUT2D eigenvalue weighted by molar-refractivity contribution is 0.0761. The molecule has 0 aliphatic carbocycles. The van der Waals surface area contributed by atoms with Gasteiger partial charge in [-0.15, -0.1) is 10.2 Å². The van der Waals surface area contributed by atoms with Crippen molar-refractivity contribution in [3.8, 4) is 17.0 Å². The molecule has 3 aromatic rings. The van der Waals surface area contributed by atoms with Crippen LogP contribution >= 0.6 is 11.6 Å². The number of phenolic OH excluding ortho intramolecular Hbond substituents is 1. The van der Waals surface area contributed by atoms with Gasteiger partial charge in [-0.2, -0.15) is 0 Å². The van der Waals surface area contributed by atoms with E-state index in [4.69, 9.17) is 11.6 Å². The van der Waals surface area contributed by atoms with E-state index in [0.29, 0.717) is 35.3 Å². The molecule has 148 valence electrons. The van der Waals surface area contributed by atoms with Gasteiger partial charge >= 0.3 is 0 Å². The second-order valence-corrected chi connectivity index (χ2v) is 7.37. The van der Waals surface area contributed by atoms with Crippen LogP contribution in [0.5, 0.6) is 5.75 Å². The summed E-state index contributed by atoms with van der Waals surface area (Å²) in [5.41, 5.74) is 1.84. The molecule has 1 aromatic carbocycles. The maximum absolute atomic E-state index is 12.7. The molecule has 9 heteroatoms. The summed E-state index contributed by atoms with van der Waals surface area (Å²) in [7, 11) is 0. The van der Waals surface area contributed by atoms with Crippen LogP contribution < -0.4 is 5.32 Å². The molecule has 1 atom stereocenters. The van der Waals surface area contributed by atoms with Gasteiger partial charge in [0.25, 0.3) is 6.43 Å². The topological polar surface area (TPSA) is 65.7 Å². The largest absolute Gasteiger partial charge is 0.507 e. The van der Waals surface area contributed by atoms with Crippen LogP contribution in [-0.2, 0) is 0 Å². The Balaban J connectivity index is 1.61. The van der Waals surface area contributed by atoms with Crippen molar-refractivity contribution < 1.29 is 13.9 Å². The Labute approximate surface area is 165 Å². The Kier molecular flexibility index (Phi) is 5.32. The van der Waals surface area contributed by atoms with E-state index in [9.17, 15) is 13.9 Å². The minimum atomic E-state index is -2.33. The first kappa shape index (κ1) is 18.9. The van der Waals surface area contributed by atoms with Crippen molar-refractivity contribution in [2.75, 3.05) is 25.0 Å². The summed E-state index contributed by atoms with van der Waals surface area (Å²) in [6.07, 6.45) is 1.25. The molecule has 0 spiro atoms. The highest BCUT2D eigenvalue weighted by Gasteiger charge is 2.23. The highest BCUT2D eigenvalue weighted by Crippen LogP contribution is 2.33. The maximum atomic E-state index is 12.7. The fourth-order valence-electron chi connectivity index (χ4n) is 3.67. The van der Waals surface area contributed by atoms with Gasteiger partial charge in [-0.05, 0) is 49.7 Å². The van der Waals surface area contributed by atoms with Crippen molar-refractivity contribution in [1.82, 2.24) is 19.5 Å². The summed E-state index contributed by atoms with van der Waals surface area (Å²) < 4.78 is 27.2. The molecule has 3 heterocycles. The Morgan fingerprint density at radius 1 is 1.29 bits per heavy atom. The highest BCUT2D eigenvalue weighted by molar-refractivity contribution is 6.30. The van der Waals surface area contributed by atoms with E-state index in [1.165, 1.54) is 6.07 Å². The number of anilines is 1. The lowest BCUT2D eigenvalue weighted by Crippen LogP contribution is -2.44. The van der Waals surface area contributed by atoms with Gasteiger partial charge in [0.2, 0.25) is 5.95 Å². The van der Waals surface area contributed by atoms with Crippen LogP contribution in [-0.4, -0.2) is 56.7 Å². The van der Waals surface area contributed by atoms with Crippen LogP contribution in [0.1, 0.15) is 12.8 Å². The minimum Gasteiger partial charge on any atom is -0.507 e. The fourth-order valence-corrected chi connectivity index (χ4v) is 3.83. The Hall–Kier alpha value is -2.45. The number of nitrogens with one attached hydrogen (secondary N) is 1. The molecule has 2 N–H and O–H groups in total. The van der Waals surface area contributed by atoms with Gasteiger partial charge in [-0.25, -0.2) is 8.78 Å². The number of hydrogen-bond acceptors (Lipinski definition) is 5. The number of rotatable bonds is 5. The van der Waals surface area contributed by atoms with Crippen LogP contribution in [0, 0.1) is 0 Å². The van der Waals surface area contributed by atoms with Crippen molar-refractivity contribution in [2.24, 2.45) is 0 Å². The monoisotopic (exact) mass is 407 g/mol. The number of halogens is 3. The number of hydrogen-bond donors (Lipinski definition) is 2. The third-order valence-electron chi connectivity index (χ3n) is 4.91. The molecule has 0 bridgehead atoms. The van der Waals surface area contributed by atoms with Crippen LogP contribution in [0.2, 0.25) is 5.02 Å². The van der Waals surface area contributed by atoms with Crippen molar-refractivity contribution in [1.29, 1.82) is 0 Å². The predicted molar refractivity (Wildman–Crippen MR) is 104 cm³/mol. The zero-order valence-corrected chi connectivity index (χ0v) is 15.8. The van der Waals surface area contributed by atoms with Crippen LogP contribution in [0.4, 0.5) is 14.7 Å². The number of fused-ring (bicyclic) bond motifs is 1. The lowest BCUT2D eigenvalue weighted by Gasteiger charge is -2.33. The van der Waals surface area contributed by atoms with Gasteiger partial charge in [-0.1, -0.05) is 11.6 Å². The van der Waals surface area contributed by atoms with Gasteiger partial charge in [0, 0.05) is 29.4 Å². The molecule has 6 nitrogen and oxygen atoms in total. The van der Waals surface area contributed by atoms with Gasteiger partial charge in [0.1, 0.15) is 11.4 Å². The average Bonchev–Trinajstić information content (AvgIpc) is 3.13. The zero-order chi connectivity index (χ0) is 19.7. The van der Waals surface area contributed by atoms with Crippen molar-refractivity contribution in [3.05, 3.63) is 41.6 Å². The first-order chi connectivity index (χ1) is 13.5. The summed E-state index contributed by atoms with van der Waals surface area (Å²) in [6.45, 7) is 1.01. The lowest BCUT2D eigenvalue weighted by atomic mass is 10.1.